The van der Waals surface area contributed by atoms with Gasteiger partial charge in [0, 0.05) is 62.2 Å². The first-order chi connectivity index (χ1) is 16.0. The Morgan fingerprint density at radius 3 is 2.55 bits per heavy atom. The first kappa shape index (κ1) is 23.4. The molecule has 0 unspecified atom stereocenters. The van der Waals surface area contributed by atoms with E-state index in [2.05, 4.69) is 24.5 Å². The Hall–Kier alpha value is -2.75. The Kier molecular flexibility index (Phi) is 8.09. The van der Waals surface area contributed by atoms with Crippen molar-refractivity contribution in [3.05, 3.63) is 70.8 Å². The van der Waals surface area contributed by atoms with Gasteiger partial charge in [-0.25, -0.2) is 9.37 Å². The summed E-state index contributed by atoms with van der Waals surface area (Å²) in [5.74, 6) is 0.983. The molecule has 1 aromatic heterocycles. The number of carbonyl (C=O) groups is 1. The van der Waals surface area contributed by atoms with Gasteiger partial charge in [0.15, 0.2) is 6.61 Å². The van der Waals surface area contributed by atoms with Gasteiger partial charge >= 0.3 is 0 Å². The summed E-state index contributed by atoms with van der Waals surface area (Å²) in [5, 5.41) is 4.44. The van der Waals surface area contributed by atoms with Crippen LogP contribution in [0.3, 0.4) is 0 Å². The molecule has 33 heavy (non-hydrogen) atoms. The number of nitrogens with zero attached hydrogens (tertiary/aromatic N) is 4. The number of benzene rings is 2. The van der Waals surface area contributed by atoms with Gasteiger partial charge in [0.25, 0.3) is 5.91 Å². The average Bonchev–Trinajstić information content (AvgIpc) is 3.29. The topological polar surface area (TPSA) is 70.6 Å². The number of halogens is 2. The standard InChI is InChI=1S/C23H25ClFN5O2S/c24-18-3-7-20(8-4-18)32-16-22(31)26-9-10-29-11-13-30(14-12-29)23-27-21(28-33-23)15-17-1-5-19(25)6-2-17/h1-8H,9-16H2,(H,26,31). The van der Waals surface area contributed by atoms with E-state index in [-0.39, 0.29) is 18.3 Å². The average molecular weight is 490 g/mol. The zero-order chi connectivity index (χ0) is 23.0. The molecule has 3 aromatic rings. The number of anilines is 1. The number of rotatable bonds is 9. The number of amides is 1. The lowest BCUT2D eigenvalue weighted by Gasteiger charge is -2.34. The van der Waals surface area contributed by atoms with Crippen molar-refractivity contribution in [2.45, 2.75) is 6.42 Å². The molecule has 1 saturated heterocycles. The molecule has 2 heterocycles. The van der Waals surface area contributed by atoms with E-state index in [4.69, 9.17) is 16.3 Å². The van der Waals surface area contributed by atoms with Crippen molar-refractivity contribution in [2.24, 2.45) is 0 Å². The number of hydrogen-bond acceptors (Lipinski definition) is 7. The first-order valence-corrected chi connectivity index (χ1v) is 11.9. The summed E-state index contributed by atoms with van der Waals surface area (Å²) < 4.78 is 23.0. The van der Waals surface area contributed by atoms with Crippen LogP contribution < -0.4 is 15.0 Å². The minimum atomic E-state index is -0.241. The minimum Gasteiger partial charge on any atom is -0.484 e. The van der Waals surface area contributed by atoms with Crippen LogP contribution in [0.2, 0.25) is 5.02 Å². The van der Waals surface area contributed by atoms with Gasteiger partial charge in [0.2, 0.25) is 5.13 Å². The SMILES string of the molecule is O=C(COc1ccc(Cl)cc1)NCCN1CCN(c2nc(Cc3ccc(F)cc3)ns2)CC1. The van der Waals surface area contributed by atoms with E-state index in [1.54, 1.807) is 36.4 Å². The maximum atomic E-state index is 13.1. The van der Waals surface area contributed by atoms with Crippen molar-refractivity contribution in [1.82, 2.24) is 19.6 Å². The third kappa shape index (κ3) is 7.12. The van der Waals surface area contributed by atoms with Crippen LogP contribution in [0.1, 0.15) is 11.4 Å². The van der Waals surface area contributed by atoms with Crippen LogP contribution in [0.25, 0.3) is 0 Å². The van der Waals surface area contributed by atoms with Crippen molar-refractivity contribution in [3.63, 3.8) is 0 Å². The van der Waals surface area contributed by atoms with Gasteiger partial charge in [-0.05, 0) is 42.0 Å². The molecule has 1 aliphatic rings. The first-order valence-electron chi connectivity index (χ1n) is 10.7. The fourth-order valence-corrected chi connectivity index (χ4v) is 4.34. The van der Waals surface area contributed by atoms with E-state index >= 15 is 0 Å². The van der Waals surface area contributed by atoms with Crippen LogP contribution in [0.4, 0.5) is 9.52 Å². The van der Waals surface area contributed by atoms with Gasteiger partial charge < -0.3 is 15.0 Å². The highest BCUT2D eigenvalue weighted by molar-refractivity contribution is 7.09. The quantitative estimate of drug-likeness (QED) is 0.497. The molecule has 0 saturated carbocycles. The number of carbonyl (C=O) groups excluding carboxylic acids is 1. The summed E-state index contributed by atoms with van der Waals surface area (Å²) in [5.41, 5.74) is 0.992. The van der Waals surface area contributed by atoms with Crippen LogP contribution in [-0.2, 0) is 11.2 Å². The number of hydrogen-bond donors (Lipinski definition) is 1. The Bertz CT molecular complexity index is 1040. The Morgan fingerprint density at radius 1 is 1.09 bits per heavy atom. The van der Waals surface area contributed by atoms with Crippen LogP contribution in [0, 0.1) is 5.82 Å². The summed E-state index contributed by atoms with van der Waals surface area (Å²) >= 11 is 7.24. The van der Waals surface area contributed by atoms with E-state index < -0.39 is 0 Å². The monoisotopic (exact) mass is 489 g/mol. The summed E-state index contributed by atoms with van der Waals surface area (Å²) in [7, 11) is 0. The van der Waals surface area contributed by atoms with E-state index in [0.29, 0.717) is 23.7 Å². The molecule has 174 valence electrons. The normalized spacial score (nSPS) is 14.3. The Balaban J connectivity index is 1.14. The second-order valence-electron chi connectivity index (χ2n) is 7.72. The molecule has 4 rings (SSSR count). The molecule has 0 spiro atoms. The fourth-order valence-electron chi connectivity index (χ4n) is 3.48. The molecule has 0 atom stereocenters. The predicted octanol–water partition coefficient (Wildman–Crippen LogP) is 3.24. The molecule has 0 aliphatic carbocycles. The third-order valence-electron chi connectivity index (χ3n) is 5.31. The molecular formula is C23H25ClFN5O2S. The van der Waals surface area contributed by atoms with Crippen molar-refractivity contribution in [3.8, 4) is 5.75 Å². The molecule has 1 amide bonds. The van der Waals surface area contributed by atoms with Crippen molar-refractivity contribution in [1.29, 1.82) is 0 Å². The maximum absolute atomic E-state index is 13.1. The number of aromatic nitrogens is 2. The second-order valence-corrected chi connectivity index (χ2v) is 8.88. The van der Waals surface area contributed by atoms with Crippen LogP contribution in [-0.4, -0.2) is 66.0 Å². The van der Waals surface area contributed by atoms with Crippen molar-refractivity contribution < 1.29 is 13.9 Å². The largest absolute Gasteiger partial charge is 0.484 e. The van der Waals surface area contributed by atoms with Crippen molar-refractivity contribution in [2.75, 3.05) is 50.8 Å². The summed E-state index contributed by atoms with van der Waals surface area (Å²) in [6, 6.07) is 13.4. The van der Waals surface area contributed by atoms with E-state index in [9.17, 15) is 9.18 Å². The Morgan fingerprint density at radius 2 is 1.82 bits per heavy atom. The Labute approximate surface area is 201 Å². The highest BCUT2D eigenvalue weighted by Gasteiger charge is 2.20. The molecule has 0 radical (unpaired) electrons. The highest BCUT2D eigenvalue weighted by Crippen LogP contribution is 2.20. The zero-order valence-electron chi connectivity index (χ0n) is 18.0. The van der Waals surface area contributed by atoms with Gasteiger partial charge in [-0.15, -0.1) is 0 Å². The summed E-state index contributed by atoms with van der Waals surface area (Å²) in [4.78, 5) is 21.2. The minimum absolute atomic E-state index is 0.0211. The van der Waals surface area contributed by atoms with Crippen molar-refractivity contribution >= 4 is 34.2 Å². The molecule has 0 bridgehead atoms. The van der Waals surface area contributed by atoms with Gasteiger partial charge in [-0.3, -0.25) is 9.69 Å². The number of piperazine rings is 1. The molecular weight excluding hydrogens is 465 g/mol. The lowest BCUT2D eigenvalue weighted by Crippen LogP contribution is -2.48. The maximum Gasteiger partial charge on any atom is 0.257 e. The number of ether oxygens (including phenoxy) is 1. The van der Waals surface area contributed by atoms with Gasteiger partial charge in [0.1, 0.15) is 17.4 Å². The van der Waals surface area contributed by atoms with E-state index in [1.807, 2.05) is 0 Å². The van der Waals surface area contributed by atoms with Gasteiger partial charge in [0.05, 0.1) is 0 Å². The lowest BCUT2D eigenvalue weighted by molar-refractivity contribution is -0.123. The van der Waals surface area contributed by atoms with E-state index in [1.165, 1.54) is 23.7 Å². The van der Waals surface area contributed by atoms with Gasteiger partial charge in [-0.2, -0.15) is 4.37 Å². The predicted molar refractivity (Wildman–Crippen MR) is 128 cm³/mol. The van der Waals surface area contributed by atoms with Gasteiger partial charge in [-0.1, -0.05) is 23.7 Å². The smallest absolute Gasteiger partial charge is 0.257 e. The fraction of sp³-hybridized carbons (Fsp3) is 0.348. The lowest BCUT2D eigenvalue weighted by atomic mass is 10.1. The molecule has 1 aliphatic heterocycles. The van der Waals surface area contributed by atoms with Crippen LogP contribution in [0.5, 0.6) is 5.75 Å². The van der Waals surface area contributed by atoms with Crippen LogP contribution >= 0.6 is 23.1 Å². The molecule has 1 fully saturated rings. The summed E-state index contributed by atoms with van der Waals surface area (Å²) in [6.07, 6.45) is 0.595. The summed E-state index contributed by atoms with van der Waals surface area (Å²) in [6.45, 7) is 4.84. The third-order valence-corrected chi connectivity index (χ3v) is 6.38. The molecule has 10 heteroatoms. The second kappa shape index (κ2) is 11.4. The van der Waals surface area contributed by atoms with Crippen LogP contribution in [0.15, 0.2) is 48.5 Å². The van der Waals surface area contributed by atoms with E-state index in [0.717, 1.165) is 49.2 Å². The number of nitrogens with one attached hydrogen (secondary N) is 1. The molecule has 1 N–H and O–H groups in total. The molecule has 7 nitrogen and oxygen atoms in total. The highest BCUT2D eigenvalue weighted by atomic mass is 35.5. The zero-order valence-corrected chi connectivity index (χ0v) is 19.6. The molecule has 2 aromatic carbocycles.